The third-order valence-corrected chi connectivity index (χ3v) is 5.69. The molecule has 0 aromatic rings. The second kappa shape index (κ2) is 2.96. The van der Waals surface area contributed by atoms with Gasteiger partial charge in [-0.15, -0.1) is 0 Å². The van der Waals surface area contributed by atoms with Gasteiger partial charge in [0.05, 0.1) is 0 Å². The highest BCUT2D eigenvalue weighted by Crippen LogP contribution is 2.32. The smallest absolute Gasteiger partial charge is 0.146 e. The van der Waals surface area contributed by atoms with Crippen LogP contribution in [-0.2, 0) is 10.9 Å². The first kappa shape index (κ1) is 7.90. The van der Waals surface area contributed by atoms with E-state index in [4.69, 9.17) is 0 Å². The topological polar surface area (TPSA) is 40.5 Å². The average Bonchev–Trinajstić information content (AvgIpc) is 2.30. The van der Waals surface area contributed by atoms with Gasteiger partial charge in [-0.05, 0) is 30.2 Å². The van der Waals surface area contributed by atoms with Gasteiger partial charge in [0, 0.05) is 0 Å². The highest BCUT2D eigenvalue weighted by atomic mass is 32.2. The van der Waals surface area contributed by atoms with Crippen LogP contribution in [0.3, 0.4) is 0 Å². The van der Waals surface area contributed by atoms with Crippen molar-refractivity contribution in [3.8, 4) is 0 Å². The quantitative estimate of drug-likeness (QED) is 0.504. The van der Waals surface area contributed by atoms with Crippen molar-refractivity contribution in [1.29, 1.82) is 0 Å². The molecule has 0 radical (unpaired) electrons. The molecule has 11 heavy (non-hydrogen) atoms. The van der Waals surface area contributed by atoms with Crippen LogP contribution in [-0.4, -0.2) is 39.2 Å². The molecule has 3 heteroatoms. The molecule has 4 atom stereocenters. The van der Waals surface area contributed by atoms with E-state index in [0.29, 0.717) is 16.1 Å². The van der Waals surface area contributed by atoms with Crippen molar-refractivity contribution in [2.24, 2.45) is 0 Å². The van der Waals surface area contributed by atoms with Gasteiger partial charge in [-0.1, -0.05) is 0 Å². The Labute approximate surface area is 70.0 Å². The van der Waals surface area contributed by atoms with Gasteiger partial charge in [0.15, 0.2) is 0 Å². The average molecular weight is 175 g/mol. The predicted octanol–water partition coefficient (Wildman–Crippen LogP) is -0.107. The molecular formula is C8H15O2S+. The SMILES string of the molecule is O[C@@H]1[C@H](O)C[S+]2CCCC[C@@H]12. The summed E-state index contributed by atoms with van der Waals surface area (Å²) in [5.41, 5.74) is 0. The summed E-state index contributed by atoms with van der Waals surface area (Å²) < 4.78 is 0. The lowest BCUT2D eigenvalue weighted by Gasteiger charge is -2.18. The fraction of sp³-hybridized carbons (Fsp3) is 1.00. The maximum Gasteiger partial charge on any atom is 0.146 e. The molecule has 0 amide bonds. The molecule has 2 N–H and O–H groups in total. The third kappa shape index (κ3) is 1.30. The largest absolute Gasteiger partial charge is 0.385 e. The Kier molecular flexibility index (Phi) is 2.12. The maximum absolute atomic E-state index is 9.55. The van der Waals surface area contributed by atoms with E-state index in [0.717, 1.165) is 12.2 Å². The Morgan fingerprint density at radius 2 is 2.00 bits per heavy atom. The van der Waals surface area contributed by atoms with E-state index in [1.165, 1.54) is 18.6 Å². The van der Waals surface area contributed by atoms with E-state index in [2.05, 4.69) is 0 Å². The lowest BCUT2D eigenvalue weighted by atomic mass is 10.1. The lowest BCUT2D eigenvalue weighted by Crippen LogP contribution is -2.33. The van der Waals surface area contributed by atoms with E-state index in [-0.39, 0.29) is 0 Å². The summed E-state index contributed by atoms with van der Waals surface area (Å²) in [6.07, 6.45) is 2.87. The highest BCUT2D eigenvalue weighted by Gasteiger charge is 2.50. The first-order valence-electron chi connectivity index (χ1n) is 4.31. The zero-order valence-corrected chi connectivity index (χ0v) is 7.39. The number of hydrogen-bond acceptors (Lipinski definition) is 2. The summed E-state index contributed by atoms with van der Waals surface area (Å²) in [6.45, 7) is 0. The minimum absolute atomic E-state index is 0.355. The number of aliphatic hydroxyl groups is 2. The van der Waals surface area contributed by atoms with Gasteiger partial charge < -0.3 is 10.2 Å². The van der Waals surface area contributed by atoms with Crippen molar-refractivity contribution in [1.82, 2.24) is 0 Å². The van der Waals surface area contributed by atoms with Gasteiger partial charge in [0.1, 0.15) is 29.0 Å². The van der Waals surface area contributed by atoms with Gasteiger partial charge in [-0.2, -0.15) is 0 Å². The minimum Gasteiger partial charge on any atom is -0.385 e. The van der Waals surface area contributed by atoms with Crippen LogP contribution in [0.4, 0.5) is 0 Å². The molecular weight excluding hydrogens is 160 g/mol. The maximum atomic E-state index is 9.55. The fourth-order valence-electron chi connectivity index (χ4n) is 2.09. The van der Waals surface area contributed by atoms with Crippen LogP contribution in [0, 0.1) is 0 Å². The summed E-state index contributed by atoms with van der Waals surface area (Å²) in [7, 11) is 0.355. The molecule has 2 saturated heterocycles. The van der Waals surface area contributed by atoms with E-state index in [1.807, 2.05) is 0 Å². The van der Waals surface area contributed by atoms with Crippen molar-refractivity contribution < 1.29 is 10.2 Å². The Bertz CT molecular complexity index is 151. The zero-order valence-electron chi connectivity index (χ0n) is 6.57. The highest BCUT2D eigenvalue weighted by molar-refractivity contribution is 7.97. The van der Waals surface area contributed by atoms with Crippen molar-refractivity contribution in [2.75, 3.05) is 11.5 Å². The Balaban J connectivity index is 2.05. The summed E-state index contributed by atoms with van der Waals surface area (Å²) in [5.74, 6) is 2.12. The molecule has 64 valence electrons. The van der Waals surface area contributed by atoms with Crippen LogP contribution < -0.4 is 0 Å². The molecule has 1 unspecified atom stereocenters. The summed E-state index contributed by atoms with van der Waals surface area (Å²) in [6, 6.07) is 0. The van der Waals surface area contributed by atoms with E-state index in [9.17, 15) is 10.2 Å². The monoisotopic (exact) mass is 175 g/mol. The number of fused-ring (bicyclic) bond motifs is 1. The molecule has 0 aromatic heterocycles. The number of rotatable bonds is 0. The molecule has 0 spiro atoms. The molecule has 2 aliphatic rings. The Morgan fingerprint density at radius 3 is 2.73 bits per heavy atom. The Hall–Kier alpha value is 0.270. The number of aliphatic hydroxyl groups excluding tert-OH is 2. The van der Waals surface area contributed by atoms with E-state index < -0.39 is 12.2 Å². The van der Waals surface area contributed by atoms with Crippen molar-refractivity contribution in [2.45, 2.75) is 36.7 Å². The molecule has 0 saturated carbocycles. The second-order valence-corrected chi connectivity index (χ2v) is 5.92. The summed E-state index contributed by atoms with van der Waals surface area (Å²) in [5, 5.41) is 19.4. The van der Waals surface area contributed by atoms with Gasteiger partial charge >= 0.3 is 0 Å². The molecule has 0 bridgehead atoms. The third-order valence-electron chi connectivity index (χ3n) is 2.73. The molecule has 2 rings (SSSR count). The van der Waals surface area contributed by atoms with Gasteiger partial charge in [0.2, 0.25) is 0 Å². The molecule has 2 heterocycles. The van der Waals surface area contributed by atoms with Gasteiger partial charge in [-0.25, -0.2) is 0 Å². The molecule has 0 aliphatic carbocycles. The van der Waals surface area contributed by atoms with Gasteiger partial charge in [0.25, 0.3) is 0 Å². The molecule has 2 nitrogen and oxygen atoms in total. The van der Waals surface area contributed by atoms with Crippen molar-refractivity contribution in [3.05, 3.63) is 0 Å². The van der Waals surface area contributed by atoms with E-state index >= 15 is 0 Å². The summed E-state index contributed by atoms with van der Waals surface area (Å²) >= 11 is 0. The molecule has 2 fully saturated rings. The standard InChI is InChI=1S/C8H15O2S/c9-6-5-11-4-2-1-3-7(11)8(6)10/h6-10H,1-5H2/q+1/t6-,7+,8-,11?/m1/s1. The molecule has 0 aromatic carbocycles. The molecule has 2 aliphatic heterocycles. The van der Waals surface area contributed by atoms with Crippen LogP contribution in [0.5, 0.6) is 0 Å². The lowest BCUT2D eigenvalue weighted by molar-refractivity contribution is 0.0403. The van der Waals surface area contributed by atoms with Crippen molar-refractivity contribution in [3.63, 3.8) is 0 Å². The predicted molar refractivity (Wildman–Crippen MR) is 46.8 cm³/mol. The van der Waals surface area contributed by atoms with Crippen LogP contribution in [0.25, 0.3) is 0 Å². The van der Waals surface area contributed by atoms with E-state index in [1.54, 1.807) is 0 Å². The van der Waals surface area contributed by atoms with Crippen LogP contribution in [0.1, 0.15) is 19.3 Å². The van der Waals surface area contributed by atoms with Crippen LogP contribution in [0.15, 0.2) is 0 Å². The zero-order chi connectivity index (χ0) is 7.84. The van der Waals surface area contributed by atoms with Crippen LogP contribution >= 0.6 is 0 Å². The first-order valence-corrected chi connectivity index (χ1v) is 5.94. The van der Waals surface area contributed by atoms with Gasteiger partial charge in [-0.3, -0.25) is 0 Å². The minimum atomic E-state index is -0.415. The Morgan fingerprint density at radius 1 is 1.18 bits per heavy atom. The normalized spacial score (nSPS) is 50.7. The van der Waals surface area contributed by atoms with Crippen LogP contribution in [0.2, 0.25) is 0 Å². The summed E-state index contributed by atoms with van der Waals surface area (Å²) in [4.78, 5) is 0. The fourth-order valence-corrected chi connectivity index (χ4v) is 5.09. The van der Waals surface area contributed by atoms with Crippen molar-refractivity contribution >= 4 is 10.9 Å². The second-order valence-electron chi connectivity index (χ2n) is 3.50. The number of hydrogen-bond donors (Lipinski definition) is 2. The first-order chi connectivity index (χ1) is 5.29.